The molecule has 2 aliphatic rings. The fraction of sp³-hybridized carbons (Fsp3) is 0.200. The van der Waals surface area contributed by atoms with Crippen LogP contribution in [0.5, 0.6) is 0 Å². The van der Waals surface area contributed by atoms with Gasteiger partial charge in [0, 0.05) is 0 Å². The molecular weight excluding hydrogens is 278 g/mol. The number of rotatable bonds is 0. The van der Waals surface area contributed by atoms with E-state index in [1.165, 1.54) is 0 Å². The van der Waals surface area contributed by atoms with Crippen LogP contribution in [0.25, 0.3) is 0 Å². The molecule has 0 saturated carbocycles. The number of halogens is 1. The largest absolute Gasteiger partial charge is 3.00 e. The maximum absolute atomic E-state index is 8.49. The second kappa shape index (κ2) is 11.1. The minimum atomic E-state index is -4.94. The van der Waals surface area contributed by atoms with Gasteiger partial charge in [-0.05, 0) is 0 Å². The number of hydrogen-bond donors (Lipinski definition) is 0. The van der Waals surface area contributed by atoms with E-state index in [4.69, 9.17) is 18.6 Å². The summed E-state index contributed by atoms with van der Waals surface area (Å²) in [6, 6.07) is 0. The van der Waals surface area contributed by atoms with Crippen LogP contribution in [0.15, 0.2) is 36.5 Å². The third-order valence-electron chi connectivity index (χ3n) is 1.17. The van der Waals surface area contributed by atoms with E-state index in [0.717, 1.165) is 12.8 Å². The van der Waals surface area contributed by atoms with Crippen molar-refractivity contribution in [2.45, 2.75) is 12.8 Å². The van der Waals surface area contributed by atoms with E-state index in [1.54, 1.807) is 0 Å². The van der Waals surface area contributed by atoms with Gasteiger partial charge in [-0.15, -0.1) is 23.1 Å². The maximum atomic E-state index is 8.49. The molecule has 0 unspecified atom stereocenters. The maximum Gasteiger partial charge on any atom is 3.00 e. The van der Waals surface area contributed by atoms with Gasteiger partial charge in [-0.25, -0.2) is 42.9 Å². The zero-order valence-corrected chi connectivity index (χ0v) is 10.0. The number of allylic oxidation sites excluding steroid dienone is 8. The molecule has 0 saturated heterocycles. The van der Waals surface area contributed by atoms with Gasteiger partial charge in [-0.2, -0.15) is 12.2 Å². The van der Waals surface area contributed by atoms with Crippen LogP contribution in [0.4, 0.5) is 0 Å². The molecule has 6 heteroatoms. The average Bonchev–Trinajstić information content (AvgIpc) is 2.81. The van der Waals surface area contributed by atoms with E-state index in [9.17, 15) is 0 Å². The first-order valence-electron chi connectivity index (χ1n) is 4.05. The standard InChI is InChI=1S/2C5H5.ClHO4.Co/c2*1-2-4-5-3-1;2-1(3,4)5;/h2*1-3H,4H2;(H,2,3,4,5);/q2*-1;;+3/p-1. The van der Waals surface area contributed by atoms with E-state index in [1.807, 2.05) is 24.3 Å². The normalized spacial score (nSPS) is 14.8. The van der Waals surface area contributed by atoms with E-state index in [0.29, 0.717) is 0 Å². The first-order valence-corrected chi connectivity index (χ1v) is 5.29. The Labute approximate surface area is 107 Å². The van der Waals surface area contributed by atoms with Crippen molar-refractivity contribution in [1.29, 1.82) is 0 Å². The van der Waals surface area contributed by atoms with Gasteiger partial charge >= 0.3 is 16.8 Å². The minimum Gasteiger partial charge on any atom is -0.273 e. The zero-order valence-electron chi connectivity index (χ0n) is 8.22. The van der Waals surface area contributed by atoms with Crippen molar-refractivity contribution in [3.63, 3.8) is 0 Å². The van der Waals surface area contributed by atoms with Crippen molar-refractivity contribution in [2.75, 3.05) is 0 Å². The number of hydrogen-bond acceptors (Lipinski definition) is 4. The van der Waals surface area contributed by atoms with Gasteiger partial charge in [-0.3, -0.25) is 12.2 Å². The van der Waals surface area contributed by atoms with Crippen LogP contribution >= 0.6 is 0 Å². The molecule has 0 heterocycles. The summed E-state index contributed by atoms with van der Waals surface area (Å²) < 4.78 is 34.0. The summed E-state index contributed by atoms with van der Waals surface area (Å²) in [5.41, 5.74) is 0. The summed E-state index contributed by atoms with van der Waals surface area (Å²) in [5.74, 6) is 0. The van der Waals surface area contributed by atoms with Crippen molar-refractivity contribution in [3.8, 4) is 0 Å². The van der Waals surface area contributed by atoms with Crippen LogP contribution in [0, 0.1) is 22.4 Å². The van der Waals surface area contributed by atoms with Crippen molar-refractivity contribution in [3.05, 3.63) is 48.6 Å². The minimum absolute atomic E-state index is 0. The Morgan fingerprint density at radius 1 is 0.812 bits per heavy atom. The van der Waals surface area contributed by atoms with Crippen LogP contribution in [-0.2, 0) is 16.8 Å². The quantitative estimate of drug-likeness (QED) is 0.475. The van der Waals surface area contributed by atoms with Crippen molar-refractivity contribution < 1.29 is 45.7 Å². The molecule has 4 nitrogen and oxygen atoms in total. The summed E-state index contributed by atoms with van der Waals surface area (Å²) >= 11 is 0. The van der Waals surface area contributed by atoms with E-state index < -0.39 is 10.2 Å². The van der Waals surface area contributed by atoms with E-state index >= 15 is 0 Å². The summed E-state index contributed by atoms with van der Waals surface area (Å²) in [5, 5.41) is 0. The predicted octanol–water partition coefficient (Wildman–Crippen LogP) is -2.15. The molecule has 2 aliphatic carbocycles. The first kappa shape index (κ1) is 18.0. The zero-order chi connectivity index (χ0) is 11.6. The first-order chi connectivity index (χ1) is 7.00. The van der Waals surface area contributed by atoms with Crippen LogP contribution in [0.2, 0.25) is 0 Å². The SMILES string of the molecule is [C-]1=CC=CC1.[C-]1=CC=CC1.[Co+3].[O-][Cl+3]([O-])([O-])[O-]. The molecule has 0 aromatic carbocycles. The molecule has 0 fully saturated rings. The molecule has 16 heavy (non-hydrogen) atoms. The Balaban J connectivity index is 0. The fourth-order valence-corrected chi connectivity index (χ4v) is 0.680. The molecule has 0 N–H and O–H groups in total. The van der Waals surface area contributed by atoms with Crippen LogP contribution in [0.3, 0.4) is 0 Å². The summed E-state index contributed by atoms with van der Waals surface area (Å²) in [6.07, 6.45) is 20.0. The average molecular weight is 289 g/mol. The van der Waals surface area contributed by atoms with Gasteiger partial charge in [0.1, 0.15) is 0 Å². The molecule has 90 valence electrons. The molecule has 0 aliphatic heterocycles. The molecule has 0 bridgehead atoms. The second-order valence-corrected chi connectivity index (χ2v) is 3.14. The van der Waals surface area contributed by atoms with Crippen LogP contribution < -0.4 is 18.6 Å². The fourth-order valence-electron chi connectivity index (χ4n) is 0.680. The van der Waals surface area contributed by atoms with Gasteiger partial charge in [0.25, 0.3) is 0 Å². The monoisotopic (exact) mass is 288 g/mol. The Bertz CT molecular complexity index is 218. The second-order valence-electron chi connectivity index (χ2n) is 2.38. The van der Waals surface area contributed by atoms with Gasteiger partial charge in [-0.1, -0.05) is 0 Å². The topological polar surface area (TPSA) is 92.2 Å². The van der Waals surface area contributed by atoms with Gasteiger partial charge in [0.15, 0.2) is 0 Å². The molecular formula is C10H10ClCoO4. The van der Waals surface area contributed by atoms with E-state index in [-0.39, 0.29) is 16.8 Å². The van der Waals surface area contributed by atoms with Crippen molar-refractivity contribution in [1.82, 2.24) is 0 Å². The van der Waals surface area contributed by atoms with Crippen molar-refractivity contribution >= 4 is 0 Å². The smallest absolute Gasteiger partial charge is 0.273 e. The molecule has 0 spiro atoms. The van der Waals surface area contributed by atoms with Crippen LogP contribution in [-0.4, -0.2) is 0 Å². The summed E-state index contributed by atoms with van der Waals surface area (Å²) in [6.45, 7) is 0. The summed E-state index contributed by atoms with van der Waals surface area (Å²) in [4.78, 5) is 0. The molecule has 0 aromatic heterocycles. The Morgan fingerprint density at radius 2 is 1.12 bits per heavy atom. The Kier molecular flexibility index (Phi) is 12.5. The molecule has 0 aromatic rings. The molecule has 2 rings (SSSR count). The van der Waals surface area contributed by atoms with Gasteiger partial charge in [0.2, 0.25) is 0 Å². The Hall–Kier alpha value is -0.404. The van der Waals surface area contributed by atoms with Gasteiger partial charge < -0.3 is 0 Å². The predicted molar refractivity (Wildman–Crippen MR) is 43.1 cm³/mol. The molecule has 0 amide bonds. The van der Waals surface area contributed by atoms with E-state index in [2.05, 4.69) is 24.3 Å². The summed E-state index contributed by atoms with van der Waals surface area (Å²) in [7, 11) is -4.94. The Morgan fingerprint density at radius 3 is 1.19 bits per heavy atom. The van der Waals surface area contributed by atoms with Gasteiger partial charge in [0.05, 0.1) is 0 Å². The van der Waals surface area contributed by atoms with Crippen LogP contribution in [0.1, 0.15) is 12.8 Å². The van der Waals surface area contributed by atoms with Crippen molar-refractivity contribution in [2.24, 2.45) is 0 Å². The molecule has 0 radical (unpaired) electrons. The third kappa shape index (κ3) is 23.4. The third-order valence-corrected chi connectivity index (χ3v) is 1.17. The molecule has 0 atom stereocenters.